The lowest BCUT2D eigenvalue weighted by molar-refractivity contribution is -0.387. The first-order valence-corrected chi connectivity index (χ1v) is 13.3. The maximum absolute atomic E-state index is 13.9. The van der Waals surface area contributed by atoms with E-state index in [1.807, 2.05) is 18.2 Å². The summed E-state index contributed by atoms with van der Waals surface area (Å²) in [6.45, 7) is 0.277. The number of pyridine rings is 1. The molecule has 0 saturated heterocycles. The van der Waals surface area contributed by atoms with Crippen molar-refractivity contribution in [2.75, 3.05) is 24.0 Å². The molecule has 2 aromatic heterocycles. The zero-order chi connectivity index (χ0) is 29.3. The Hall–Kier alpha value is -4.60. The van der Waals surface area contributed by atoms with Gasteiger partial charge in [0.2, 0.25) is 11.8 Å². The summed E-state index contributed by atoms with van der Waals surface area (Å²) < 4.78 is 50.6. The number of hydrogen-bond acceptors (Lipinski definition) is 11. The van der Waals surface area contributed by atoms with Gasteiger partial charge in [0, 0.05) is 30.2 Å². The van der Waals surface area contributed by atoms with Crippen LogP contribution in [0.4, 0.5) is 33.2 Å². The molecule has 210 valence electrons. The van der Waals surface area contributed by atoms with Crippen molar-refractivity contribution in [3.05, 3.63) is 93.6 Å². The molecule has 0 atom stereocenters. The van der Waals surface area contributed by atoms with Crippen molar-refractivity contribution in [1.29, 1.82) is 0 Å². The Balaban J connectivity index is 0.000000810. The van der Waals surface area contributed by atoms with Gasteiger partial charge in [-0.3, -0.25) is 19.7 Å². The van der Waals surface area contributed by atoms with Crippen molar-refractivity contribution in [1.82, 2.24) is 15.0 Å². The number of ether oxygens (including phenoxy) is 2. The number of rotatable bonds is 9. The molecule has 0 fully saturated rings. The van der Waals surface area contributed by atoms with Crippen LogP contribution in [-0.2, 0) is 16.7 Å². The highest BCUT2D eigenvalue weighted by atomic mass is 35.5. The fourth-order valence-electron chi connectivity index (χ4n) is 3.04. The second-order valence-corrected chi connectivity index (χ2v) is 9.64. The number of benzene rings is 2. The fraction of sp³-hybridized carbons (Fsp3) is 0.125. The van der Waals surface area contributed by atoms with Gasteiger partial charge in [-0.1, -0.05) is 17.7 Å². The molecular weight excluding hydrogens is 571 g/mol. The fourth-order valence-corrected chi connectivity index (χ4v) is 3.27. The number of nitro benzene ring substituents is 1. The third kappa shape index (κ3) is 9.30. The molecule has 3 N–H and O–H groups in total. The quantitative estimate of drug-likeness (QED) is 0.132. The minimum absolute atomic E-state index is 0.0585. The van der Waals surface area contributed by atoms with E-state index >= 15 is 0 Å². The molecule has 2 aromatic carbocycles. The lowest BCUT2D eigenvalue weighted by Gasteiger charge is -2.12. The van der Waals surface area contributed by atoms with E-state index in [2.05, 4.69) is 25.6 Å². The Bertz CT molecular complexity index is 1590. The topological polar surface area (TPSA) is 179 Å². The van der Waals surface area contributed by atoms with E-state index in [0.29, 0.717) is 28.5 Å². The van der Waals surface area contributed by atoms with E-state index in [9.17, 15) is 22.9 Å². The van der Waals surface area contributed by atoms with Gasteiger partial charge in [0.15, 0.2) is 0 Å². The number of aromatic nitrogens is 3. The van der Waals surface area contributed by atoms with Crippen molar-refractivity contribution >= 4 is 50.5 Å². The summed E-state index contributed by atoms with van der Waals surface area (Å²) in [6, 6.07) is 14.3. The summed E-state index contributed by atoms with van der Waals surface area (Å²) in [5.41, 5.74) is 0.840. The molecule has 16 heteroatoms. The molecular formula is C24H22ClFN6O7S. The third-order valence-corrected chi connectivity index (χ3v) is 4.97. The standard InChI is InChI=1S/C23H18ClFN6O4.CH4O3S/c1-34-21-11-17(25)19(31(32)33)12-18(21)29-23-27-9-7-22(30-23)28-14-5-6-20(16(24)10-14)35-13-15-4-2-3-8-26-15;1-5(2,3)4/h2-12H,13H2,1H3,(H2,27,28,29,30);1H3,(H,2,3,4). The minimum atomic E-state index is -3.67. The maximum Gasteiger partial charge on any atom is 0.307 e. The van der Waals surface area contributed by atoms with Crippen molar-refractivity contribution in [2.24, 2.45) is 0 Å². The monoisotopic (exact) mass is 592 g/mol. The molecule has 13 nitrogen and oxygen atoms in total. The zero-order valence-corrected chi connectivity index (χ0v) is 22.5. The Morgan fingerprint density at radius 2 is 1.82 bits per heavy atom. The van der Waals surface area contributed by atoms with Crippen LogP contribution in [0.5, 0.6) is 11.5 Å². The van der Waals surface area contributed by atoms with Gasteiger partial charge < -0.3 is 20.1 Å². The molecule has 0 radical (unpaired) electrons. The zero-order valence-electron chi connectivity index (χ0n) is 20.9. The number of hydrogen-bond donors (Lipinski definition) is 3. The summed E-state index contributed by atoms with van der Waals surface area (Å²) >= 11 is 6.36. The van der Waals surface area contributed by atoms with Crippen molar-refractivity contribution in [3.63, 3.8) is 0 Å². The molecule has 4 rings (SSSR count). The molecule has 4 aromatic rings. The molecule has 0 aliphatic heterocycles. The van der Waals surface area contributed by atoms with E-state index in [-0.39, 0.29) is 24.0 Å². The molecule has 0 unspecified atom stereocenters. The predicted octanol–water partition coefficient (Wildman–Crippen LogP) is 5.15. The largest absolute Gasteiger partial charge is 0.494 e. The van der Waals surface area contributed by atoms with Crippen LogP contribution in [-0.4, -0.2) is 46.2 Å². The van der Waals surface area contributed by atoms with Crippen LogP contribution in [0.3, 0.4) is 0 Å². The highest BCUT2D eigenvalue weighted by molar-refractivity contribution is 7.85. The number of anilines is 4. The molecule has 0 amide bonds. The normalized spacial score (nSPS) is 10.6. The Morgan fingerprint density at radius 1 is 1.07 bits per heavy atom. The van der Waals surface area contributed by atoms with Crippen LogP contribution < -0.4 is 20.1 Å². The summed E-state index contributed by atoms with van der Waals surface area (Å²) in [4.78, 5) is 22.9. The maximum atomic E-state index is 13.9. The Morgan fingerprint density at radius 3 is 2.45 bits per heavy atom. The van der Waals surface area contributed by atoms with Crippen LogP contribution in [0.25, 0.3) is 0 Å². The van der Waals surface area contributed by atoms with Gasteiger partial charge in [-0.15, -0.1) is 0 Å². The Labute approximate surface area is 232 Å². The highest BCUT2D eigenvalue weighted by Gasteiger charge is 2.19. The van der Waals surface area contributed by atoms with Crippen molar-refractivity contribution in [3.8, 4) is 11.5 Å². The highest BCUT2D eigenvalue weighted by Crippen LogP contribution is 2.34. The lowest BCUT2D eigenvalue weighted by Crippen LogP contribution is -2.03. The SMILES string of the molecule is COc1cc(F)c([N+](=O)[O-])cc1Nc1nccc(Nc2ccc(OCc3ccccn3)c(Cl)c2)n1.CS(=O)(=O)O. The van der Waals surface area contributed by atoms with E-state index in [1.165, 1.54) is 13.3 Å². The minimum Gasteiger partial charge on any atom is -0.494 e. The van der Waals surface area contributed by atoms with Gasteiger partial charge in [-0.2, -0.15) is 17.8 Å². The number of nitrogens with one attached hydrogen (secondary N) is 2. The second-order valence-electron chi connectivity index (χ2n) is 7.76. The molecule has 0 aliphatic carbocycles. The van der Waals surface area contributed by atoms with Gasteiger partial charge in [0.05, 0.1) is 34.7 Å². The molecule has 0 saturated carbocycles. The van der Waals surface area contributed by atoms with Crippen LogP contribution in [0.1, 0.15) is 5.69 Å². The summed E-state index contributed by atoms with van der Waals surface area (Å²) in [7, 11) is -2.35. The van der Waals surface area contributed by atoms with Gasteiger partial charge in [-0.25, -0.2) is 4.98 Å². The van der Waals surface area contributed by atoms with Gasteiger partial charge in [0.1, 0.15) is 23.9 Å². The van der Waals surface area contributed by atoms with Crippen molar-refractivity contribution < 1.29 is 31.8 Å². The van der Waals surface area contributed by atoms with Crippen molar-refractivity contribution in [2.45, 2.75) is 6.61 Å². The molecule has 2 heterocycles. The summed E-state index contributed by atoms with van der Waals surface area (Å²) in [5, 5.41) is 17.4. The predicted molar refractivity (Wildman–Crippen MR) is 146 cm³/mol. The number of halogens is 2. The van der Waals surface area contributed by atoms with Crippen LogP contribution in [0.2, 0.25) is 5.02 Å². The first-order valence-electron chi connectivity index (χ1n) is 11.1. The molecule has 40 heavy (non-hydrogen) atoms. The molecule has 0 bridgehead atoms. The first kappa shape index (κ1) is 29.9. The lowest BCUT2D eigenvalue weighted by atomic mass is 10.2. The number of nitro groups is 1. The van der Waals surface area contributed by atoms with Crippen LogP contribution in [0.15, 0.2) is 67.0 Å². The van der Waals surface area contributed by atoms with E-state index in [4.69, 9.17) is 25.6 Å². The average molecular weight is 593 g/mol. The van der Waals surface area contributed by atoms with E-state index in [0.717, 1.165) is 17.8 Å². The van der Waals surface area contributed by atoms with E-state index < -0.39 is 26.5 Å². The van der Waals surface area contributed by atoms with Crippen LogP contribution in [0, 0.1) is 15.9 Å². The van der Waals surface area contributed by atoms with E-state index in [1.54, 1.807) is 30.5 Å². The Kier molecular flexibility index (Phi) is 10.1. The summed E-state index contributed by atoms with van der Waals surface area (Å²) in [6.07, 6.45) is 3.88. The smallest absolute Gasteiger partial charge is 0.307 e. The number of methoxy groups -OCH3 is 1. The third-order valence-electron chi connectivity index (χ3n) is 4.67. The number of nitrogens with zero attached hydrogens (tertiary/aromatic N) is 4. The van der Waals surface area contributed by atoms with Gasteiger partial charge in [0.25, 0.3) is 10.1 Å². The van der Waals surface area contributed by atoms with Gasteiger partial charge >= 0.3 is 5.69 Å². The van der Waals surface area contributed by atoms with Gasteiger partial charge in [-0.05, 0) is 36.4 Å². The second kappa shape index (κ2) is 13.5. The molecule has 0 spiro atoms. The van der Waals surface area contributed by atoms with Crippen LogP contribution >= 0.6 is 11.6 Å². The average Bonchev–Trinajstić information content (AvgIpc) is 2.88. The molecule has 0 aliphatic rings. The summed E-state index contributed by atoms with van der Waals surface area (Å²) in [5.74, 6) is 0.0611. The first-order chi connectivity index (χ1) is 18.9.